The van der Waals surface area contributed by atoms with Gasteiger partial charge < -0.3 is 5.32 Å². The first kappa shape index (κ1) is 14.5. The molecule has 1 aromatic rings. The van der Waals surface area contributed by atoms with Gasteiger partial charge in [-0.3, -0.25) is 4.79 Å². The lowest BCUT2D eigenvalue weighted by molar-refractivity contribution is 0.0931. The summed E-state index contributed by atoms with van der Waals surface area (Å²) in [6, 6.07) is 1.89. The van der Waals surface area contributed by atoms with E-state index >= 15 is 0 Å². The highest BCUT2D eigenvalue weighted by atomic mass is 32.2. The molecule has 106 valence electrons. The molecule has 0 spiro atoms. The number of carbonyl (C=O) groups is 1. The Kier molecular flexibility index (Phi) is 4.30. The van der Waals surface area contributed by atoms with Crippen LogP contribution < -0.4 is 5.32 Å². The van der Waals surface area contributed by atoms with Gasteiger partial charge in [-0.25, -0.2) is 8.42 Å². The van der Waals surface area contributed by atoms with Gasteiger partial charge >= 0.3 is 0 Å². The standard InChI is InChI=1S/C13H19NO3S2/c1-9-6-7-18-12(9)13(15)14-10-4-3-5-11(8-10)19(2,16)17/h6-7,10-11H,3-5,8H2,1-2H3,(H,14,15)/t10-,11-/m1/s1. The van der Waals surface area contributed by atoms with E-state index in [-0.39, 0.29) is 17.2 Å². The van der Waals surface area contributed by atoms with Crippen molar-refractivity contribution in [2.24, 2.45) is 0 Å². The van der Waals surface area contributed by atoms with Crippen LogP contribution in [0.25, 0.3) is 0 Å². The molecule has 2 rings (SSSR count). The van der Waals surface area contributed by atoms with Gasteiger partial charge in [0.2, 0.25) is 0 Å². The predicted molar refractivity (Wildman–Crippen MR) is 77.4 cm³/mol. The van der Waals surface area contributed by atoms with E-state index in [1.54, 1.807) is 0 Å². The molecule has 1 saturated carbocycles. The minimum Gasteiger partial charge on any atom is -0.349 e. The third-order valence-corrected chi connectivity index (χ3v) is 6.29. The van der Waals surface area contributed by atoms with Crippen LogP contribution in [-0.4, -0.2) is 31.9 Å². The Morgan fingerprint density at radius 1 is 1.42 bits per heavy atom. The van der Waals surface area contributed by atoms with E-state index in [0.717, 1.165) is 23.3 Å². The van der Waals surface area contributed by atoms with Gasteiger partial charge in [-0.15, -0.1) is 11.3 Å². The van der Waals surface area contributed by atoms with E-state index in [0.29, 0.717) is 12.8 Å². The normalized spacial score (nSPS) is 24.1. The number of aryl methyl sites for hydroxylation is 1. The molecule has 0 unspecified atom stereocenters. The van der Waals surface area contributed by atoms with Crippen molar-refractivity contribution in [3.63, 3.8) is 0 Å². The molecule has 2 atom stereocenters. The average Bonchev–Trinajstić information content (AvgIpc) is 2.75. The summed E-state index contributed by atoms with van der Waals surface area (Å²) in [6.07, 6.45) is 4.25. The van der Waals surface area contributed by atoms with Crippen molar-refractivity contribution in [2.45, 2.75) is 43.9 Å². The lowest BCUT2D eigenvalue weighted by Crippen LogP contribution is -2.41. The molecule has 6 heteroatoms. The third kappa shape index (κ3) is 3.57. The molecule has 1 aliphatic rings. The topological polar surface area (TPSA) is 63.2 Å². The smallest absolute Gasteiger partial charge is 0.261 e. The van der Waals surface area contributed by atoms with Crippen LogP contribution in [0.1, 0.15) is 40.9 Å². The number of hydrogen-bond donors (Lipinski definition) is 1. The first-order valence-electron chi connectivity index (χ1n) is 6.41. The first-order valence-corrected chi connectivity index (χ1v) is 9.25. The molecule has 0 saturated heterocycles. The predicted octanol–water partition coefficient (Wildman–Crippen LogP) is 2.14. The van der Waals surface area contributed by atoms with E-state index in [2.05, 4.69) is 5.32 Å². The summed E-state index contributed by atoms with van der Waals surface area (Å²) in [7, 11) is -3.01. The second-order valence-corrected chi connectivity index (χ2v) is 8.46. The van der Waals surface area contributed by atoms with Gasteiger partial charge in [0.25, 0.3) is 5.91 Å². The van der Waals surface area contributed by atoms with Crippen molar-refractivity contribution in [1.29, 1.82) is 0 Å². The van der Waals surface area contributed by atoms with Gasteiger partial charge in [-0.1, -0.05) is 6.42 Å². The van der Waals surface area contributed by atoms with Crippen LogP contribution in [0.15, 0.2) is 11.4 Å². The number of thiophene rings is 1. The molecular formula is C13H19NO3S2. The number of hydrogen-bond acceptors (Lipinski definition) is 4. The fourth-order valence-corrected chi connectivity index (χ4v) is 4.53. The number of amides is 1. The van der Waals surface area contributed by atoms with Crippen molar-refractivity contribution in [3.05, 3.63) is 21.9 Å². The quantitative estimate of drug-likeness (QED) is 0.930. The van der Waals surface area contributed by atoms with Crippen molar-refractivity contribution in [2.75, 3.05) is 6.26 Å². The maximum Gasteiger partial charge on any atom is 0.261 e. The summed E-state index contributed by atoms with van der Waals surface area (Å²) in [5, 5.41) is 4.56. The summed E-state index contributed by atoms with van der Waals surface area (Å²) in [5.74, 6) is -0.0772. The van der Waals surface area contributed by atoms with Crippen molar-refractivity contribution in [3.8, 4) is 0 Å². The highest BCUT2D eigenvalue weighted by Crippen LogP contribution is 2.24. The molecule has 0 aromatic carbocycles. The van der Waals surface area contributed by atoms with Crippen molar-refractivity contribution in [1.82, 2.24) is 5.32 Å². The highest BCUT2D eigenvalue weighted by Gasteiger charge is 2.30. The molecule has 0 radical (unpaired) electrons. The fraction of sp³-hybridized carbons (Fsp3) is 0.615. The van der Waals surface area contributed by atoms with Gasteiger partial charge in [0, 0.05) is 12.3 Å². The van der Waals surface area contributed by atoms with Gasteiger partial charge in [0.05, 0.1) is 10.1 Å². The monoisotopic (exact) mass is 301 g/mol. The molecular weight excluding hydrogens is 282 g/mol. The van der Waals surface area contributed by atoms with Crippen LogP contribution in [-0.2, 0) is 9.84 Å². The zero-order valence-corrected chi connectivity index (χ0v) is 12.8. The molecule has 1 aliphatic carbocycles. The van der Waals surface area contributed by atoms with Crippen LogP contribution in [0, 0.1) is 6.92 Å². The van der Waals surface area contributed by atoms with E-state index in [1.165, 1.54) is 17.6 Å². The Hall–Kier alpha value is -0.880. The third-order valence-electron chi connectivity index (χ3n) is 3.64. The zero-order valence-electron chi connectivity index (χ0n) is 11.2. The summed E-state index contributed by atoms with van der Waals surface area (Å²) in [5.41, 5.74) is 0.970. The maximum atomic E-state index is 12.1. The second-order valence-electron chi connectivity index (χ2n) is 5.22. The molecule has 1 amide bonds. The molecule has 19 heavy (non-hydrogen) atoms. The minimum absolute atomic E-state index is 0.0255. The molecule has 1 fully saturated rings. The van der Waals surface area contributed by atoms with Crippen LogP contribution in [0.4, 0.5) is 0 Å². The Labute approximate surface area is 118 Å². The Bertz CT molecular complexity index is 562. The summed E-state index contributed by atoms with van der Waals surface area (Å²) >= 11 is 1.42. The molecule has 4 nitrogen and oxygen atoms in total. The zero-order chi connectivity index (χ0) is 14.0. The second kappa shape index (κ2) is 5.63. The molecule has 1 N–H and O–H groups in total. The number of nitrogens with one attached hydrogen (secondary N) is 1. The van der Waals surface area contributed by atoms with Gasteiger partial charge in [0.15, 0.2) is 0 Å². The first-order chi connectivity index (χ1) is 8.88. The van der Waals surface area contributed by atoms with Crippen LogP contribution in [0.3, 0.4) is 0 Å². The van der Waals surface area contributed by atoms with E-state index in [9.17, 15) is 13.2 Å². The van der Waals surface area contributed by atoms with E-state index in [1.807, 2.05) is 18.4 Å². The Morgan fingerprint density at radius 2 is 2.16 bits per heavy atom. The lowest BCUT2D eigenvalue weighted by atomic mass is 9.95. The van der Waals surface area contributed by atoms with Crippen LogP contribution in [0.2, 0.25) is 0 Å². The Balaban J connectivity index is 2.00. The fourth-order valence-electron chi connectivity index (χ4n) is 2.52. The van der Waals surface area contributed by atoms with E-state index in [4.69, 9.17) is 0 Å². The van der Waals surface area contributed by atoms with E-state index < -0.39 is 9.84 Å². The van der Waals surface area contributed by atoms with Crippen LogP contribution >= 0.6 is 11.3 Å². The van der Waals surface area contributed by atoms with Gasteiger partial charge in [-0.05, 0) is 43.2 Å². The van der Waals surface area contributed by atoms with Gasteiger partial charge in [0.1, 0.15) is 9.84 Å². The number of carbonyl (C=O) groups excluding carboxylic acids is 1. The maximum absolute atomic E-state index is 12.1. The summed E-state index contributed by atoms with van der Waals surface area (Å²) in [6.45, 7) is 1.91. The molecule has 1 aromatic heterocycles. The van der Waals surface area contributed by atoms with Gasteiger partial charge in [-0.2, -0.15) is 0 Å². The number of sulfone groups is 1. The largest absolute Gasteiger partial charge is 0.349 e. The van der Waals surface area contributed by atoms with Crippen molar-refractivity contribution >= 4 is 27.1 Å². The van der Waals surface area contributed by atoms with Crippen molar-refractivity contribution < 1.29 is 13.2 Å². The average molecular weight is 301 g/mol. The summed E-state index contributed by atoms with van der Waals surface area (Å²) < 4.78 is 23.2. The lowest BCUT2D eigenvalue weighted by Gasteiger charge is -2.28. The molecule has 0 aliphatic heterocycles. The molecule has 1 heterocycles. The minimum atomic E-state index is -3.01. The van der Waals surface area contributed by atoms with Crippen LogP contribution in [0.5, 0.6) is 0 Å². The SMILES string of the molecule is Cc1ccsc1C(=O)N[C@@H]1CCC[C@@H](S(C)(=O)=O)C1. The Morgan fingerprint density at radius 3 is 2.74 bits per heavy atom. The summed E-state index contributed by atoms with van der Waals surface area (Å²) in [4.78, 5) is 12.8. The molecule has 0 bridgehead atoms. The number of rotatable bonds is 3. The highest BCUT2D eigenvalue weighted by molar-refractivity contribution is 7.91.